The van der Waals surface area contributed by atoms with Crippen LogP contribution in [0.3, 0.4) is 0 Å². The smallest absolute Gasteiger partial charge is 0.387 e. The van der Waals surface area contributed by atoms with Crippen molar-refractivity contribution in [2.24, 2.45) is 5.92 Å². The van der Waals surface area contributed by atoms with Crippen molar-refractivity contribution < 1.29 is 22.7 Å². The van der Waals surface area contributed by atoms with Gasteiger partial charge in [0.2, 0.25) is 0 Å². The van der Waals surface area contributed by atoms with Gasteiger partial charge in [0.1, 0.15) is 23.1 Å². The van der Waals surface area contributed by atoms with E-state index in [0.29, 0.717) is 27.7 Å². The SMILES string of the molecule is CNC(=O)c1ccc(-c2cc3c(cc2F)nc2n3[C@@H](c3ccccc3OC(F)F)[C@H]3C[C@@H]23)cn1. The Morgan fingerprint density at radius 1 is 1.21 bits per heavy atom. The third-order valence-electron chi connectivity index (χ3n) is 6.65. The standard InChI is InChI=1S/C25H19F3N4O2/c1-29-24(33)18-7-6-12(11-30-18)14-9-20-19(10-17(14)26)31-23-16-8-15(16)22(32(20)23)13-4-2-3-5-21(13)34-25(27)28/h2-7,9-11,15-16,22,25H,8H2,1H3,(H,29,33)/t15-,16+,22-/m0/s1. The summed E-state index contributed by atoms with van der Waals surface area (Å²) in [5, 5.41) is 2.50. The lowest BCUT2D eigenvalue weighted by Crippen LogP contribution is -2.18. The van der Waals surface area contributed by atoms with Crippen LogP contribution in [0.15, 0.2) is 54.7 Å². The number of carbonyl (C=O) groups excluding carboxylic acids is 1. The van der Waals surface area contributed by atoms with Crippen LogP contribution in [0.1, 0.15) is 40.3 Å². The molecule has 1 aliphatic carbocycles. The number of para-hydroxylation sites is 1. The molecule has 4 aromatic rings. The molecule has 1 aliphatic heterocycles. The van der Waals surface area contributed by atoms with Crippen LogP contribution in [-0.2, 0) is 0 Å². The molecule has 0 bridgehead atoms. The molecule has 0 unspecified atom stereocenters. The van der Waals surface area contributed by atoms with Crippen molar-refractivity contribution in [2.75, 3.05) is 7.05 Å². The highest BCUT2D eigenvalue weighted by Gasteiger charge is 2.55. The molecule has 0 spiro atoms. The van der Waals surface area contributed by atoms with Gasteiger partial charge >= 0.3 is 6.61 Å². The average Bonchev–Trinajstić information content (AvgIpc) is 3.44. The quantitative estimate of drug-likeness (QED) is 0.456. The van der Waals surface area contributed by atoms with E-state index in [1.807, 2.05) is 4.57 Å². The molecule has 2 aliphatic rings. The van der Waals surface area contributed by atoms with Gasteiger partial charge in [0.05, 0.1) is 17.1 Å². The minimum absolute atomic E-state index is 0.138. The number of carbonyl (C=O) groups is 1. The summed E-state index contributed by atoms with van der Waals surface area (Å²) in [5.74, 6) is 0.626. The first-order valence-corrected chi connectivity index (χ1v) is 10.9. The molecule has 0 radical (unpaired) electrons. The molecule has 2 aromatic heterocycles. The predicted octanol–water partition coefficient (Wildman–Crippen LogP) is 4.90. The fourth-order valence-corrected chi connectivity index (χ4v) is 5.08. The first-order valence-electron chi connectivity index (χ1n) is 10.9. The fraction of sp³-hybridized carbons (Fsp3) is 0.240. The van der Waals surface area contributed by atoms with E-state index in [9.17, 15) is 13.6 Å². The van der Waals surface area contributed by atoms with Gasteiger partial charge in [0.25, 0.3) is 5.91 Å². The zero-order valence-corrected chi connectivity index (χ0v) is 18.0. The van der Waals surface area contributed by atoms with Crippen LogP contribution in [0.25, 0.3) is 22.2 Å². The number of nitrogens with one attached hydrogen (secondary N) is 1. The van der Waals surface area contributed by atoms with Gasteiger partial charge < -0.3 is 14.6 Å². The molecule has 6 nitrogen and oxygen atoms in total. The number of halogens is 3. The van der Waals surface area contributed by atoms with Gasteiger partial charge in [-0.25, -0.2) is 9.37 Å². The van der Waals surface area contributed by atoms with Gasteiger partial charge in [-0.1, -0.05) is 24.3 Å². The van der Waals surface area contributed by atoms with Crippen molar-refractivity contribution in [3.05, 3.63) is 77.6 Å². The van der Waals surface area contributed by atoms with E-state index >= 15 is 4.39 Å². The van der Waals surface area contributed by atoms with E-state index in [1.165, 1.54) is 25.4 Å². The molecule has 3 atom stereocenters. The zero-order chi connectivity index (χ0) is 23.6. The number of fused-ring (bicyclic) bond motifs is 5. The second-order valence-electron chi connectivity index (χ2n) is 8.54. The number of ether oxygens (including phenoxy) is 1. The van der Waals surface area contributed by atoms with E-state index in [-0.39, 0.29) is 35.2 Å². The fourth-order valence-electron chi connectivity index (χ4n) is 5.08. The molecule has 0 saturated heterocycles. The Bertz CT molecular complexity index is 1430. The third-order valence-corrected chi connectivity index (χ3v) is 6.65. The Labute approximate surface area is 192 Å². The van der Waals surface area contributed by atoms with Crippen molar-refractivity contribution in [3.8, 4) is 16.9 Å². The van der Waals surface area contributed by atoms with Crippen LogP contribution in [0, 0.1) is 11.7 Å². The molecule has 1 saturated carbocycles. The van der Waals surface area contributed by atoms with Crippen molar-refractivity contribution in [2.45, 2.75) is 25.0 Å². The highest BCUT2D eigenvalue weighted by Crippen LogP contribution is 2.63. The van der Waals surface area contributed by atoms with Crippen LogP contribution in [0.5, 0.6) is 5.75 Å². The number of aromatic nitrogens is 3. The third kappa shape index (κ3) is 3.14. The Morgan fingerprint density at radius 3 is 2.76 bits per heavy atom. The Morgan fingerprint density at radius 2 is 2.03 bits per heavy atom. The topological polar surface area (TPSA) is 69.0 Å². The monoisotopic (exact) mass is 464 g/mol. The van der Waals surface area contributed by atoms with Crippen LogP contribution >= 0.6 is 0 Å². The van der Waals surface area contributed by atoms with E-state index in [0.717, 1.165) is 12.2 Å². The molecule has 1 amide bonds. The summed E-state index contributed by atoms with van der Waals surface area (Å²) in [6.45, 7) is -2.93. The number of rotatable bonds is 5. The summed E-state index contributed by atoms with van der Waals surface area (Å²) in [5.41, 5.74) is 2.95. The molecular weight excluding hydrogens is 445 g/mol. The van der Waals surface area contributed by atoms with E-state index in [1.54, 1.807) is 36.4 Å². The van der Waals surface area contributed by atoms with Gasteiger partial charge in [-0.2, -0.15) is 8.78 Å². The molecule has 34 heavy (non-hydrogen) atoms. The number of hydrogen-bond donors (Lipinski definition) is 1. The largest absolute Gasteiger partial charge is 0.434 e. The molecule has 1 N–H and O–H groups in total. The lowest BCUT2D eigenvalue weighted by Gasteiger charge is -2.21. The molecule has 9 heteroatoms. The normalized spacial score (nSPS) is 20.3. The minimum atomic E-state index is -2.93. The van der Waals surface area contributed by atoms with Gasteiger partial charge in [0.15, 0.2) is 0 Å². The van der Waals surface area contributed by atoms with Crippen LogP contribution in [0.2, 0.25) is 0 Å². The zero-order valence-electron chi connectivity index (χ0n) is 18.0. The highest BCUT2D eigenvalue weighted by molar-refractivity contribution is 5.92. The number of pyridine rings is 1. The van der Waals surface area contributed by atoms with Gasteiger partial charge in [-0.3, -0.25) is 9.78 Å². The second kappa shape index (κ2) is 7.58. The lowest BCUT2D eigenvalue weighted by atomic mass is 10.0. The molecule has 2 aromatic carbocycles. The van der Waals surface area contributed by atoms with Crippen molar-refractivity contribution >= 4 is 16.9 Å². The summed E-state index contributed by atoms with van der Waals surface area (Å²) in [6.07, 6.45) is 2.36. The minimum Gasteiger partial charge on any atom is -0.434 e. The summed E-state index contributed by atoms with van der Waals surface area (Å²) in [4.78, 5) is 20.6. The van der Waals surface area contributed by atoms with E-state index in [2.05, 4.69) is 10.3 Å². The summed E-state index contributed by atoms with van der Waals surface area (Å²) >= 11 is 0. The second-order valence-corrected chi connectivity index (χ2v) is 8.54. The number of nitrogens with zero attached hydrogens (tertiary/aromatic N) is 3. The maximum Gasteiger partial charge on any atom is 0.387 e. The van der Waals surface area contributed by atoms with Crippen LogP contribution < -0.4 is 10.1 Å². The lowest BCUT2D eigenvalue weighted by molar-refractivity contribution is -0.0507. The van der Waals surface area contributed by atoms with Gasteiger partial charge in [-0.05, 0) is 30.5 Å². The van der Waals surface area contributed by atoms with E-state index in [4.69, 9.17) is 9.72 Å². The van der Waals surface area contributed by atoms with E-state index < -0.39 is 12.4 Å². The summed E-state index contributed by atoms with van der Waals surface area (Å²) < 4.78 is 48.0. The predicted molar refractivity (Wildman–Crippen MR) is 118 cm³/mol. The van der Waals surface area contributed by atoms with Gasteiger partial charge in [0, 0.05) is 41.9 Å². The first kappa shape index (κ1) is 20.7. The van der Waals surface area contributed by atoms with Crippen LogP contribution in [-0.4, -0.2) is 34.1 Å². The first-order chi connectivity index (χ1) is 16.5. The number of alkyl halides is 2. The summed E-state index contributed by atoms with van der Waals surface area (Å²) in [6, 6.07) is 12.9. The molecular formula is C25H19F3N4O2. The Kier molecular flexibility index (Phi) is 4.62. The average molecular weight is 464 g/mol. The number of hydrogen-bond acceptors (Lipinski definition) is 4. The molecule has 172 valence electrons. The van der Waals surface area contributed by atoms with Crippen molar-refractivity contribution in [1.82, 2.24) is 19.9 Å². The molecule has 3 heterocycles. The van der Waals surface area contributed by atoms with Crippen LogP contribution in [0.4, 0.5) is 13.2 Å². The number of benzene rings is 2. The maximum absolute atomic E-state index is 15.1. The Balaban J connectivity index is 1.48. The molecule has 6 rings (SSSR count). The van der Waals surface area contributed by atoms with Gasteiger partial charge in [-0.15, -0.1) is 0 Å². The highest BCUT2D eigenvalue weighted by atomic mass is 19.3. The maximum atomic E-state index is 15.1. The molecule has 1 fully saturated rings. The summed E-state index contributed by atoms with van der Waals surface area (Å²) in [7, 11) is 1.51. The van der Waals surface area contributed by atoms with Crippen molar-refractivity contribution in [1.29, 1.82) is 0 Å². The Hall–Kier alpha value is -3.88. The van der Waals surface area contributed by atoms with Crippen molar-refractivity contribution in [3.63, 3.8) is 0 Å². The number of amides is 1. The number of imidazole rings is 1.